The van der Waals surface area contributed by atoms with E-state index in [0.717, 1.165) is 27.7 Å². The van der Waals surface area contributed by atoms with E-state index in [-0.39, 0.29) is 38.6 Å². The summed E-state index contributed by atoms with van der Waals surface area (Å²) in [5.41, 5.74) is 5.51. The maximum Gasteiger partial charge on any atom is 0.186 e. The number of aryl methyl sites for hydroxylation is 2. The average molecular weight is 349 g/mol. The minimum absolute atomic E-state index is 0. The van der Waals surface area contributed by atoms with Crippen LogP contribution in [0.25, 0.3) is 0 Å². The number of hydrogen-bond donors (Lipinski definition) is 0. The molecule has 1 radical (unpaired) electrons. The Balaban J connectivity index is 0.00000312. The first-order chi connectivity index (χ1) is 11.1. The fourth-order valence-electron chi connectivity index (χ4n) is 2.79. The summed E-state index contributed by atoms with van der Waals surface area (Å²) in [5, 5.41) is 1.04. The Hall–Kier alpha value is -1.06. The van der Waals surface area contributed by atoms with Gasteiger partial charge in [0.15, 0.2) is 5.52 Å². The smallest absolute Gasteiger partial charge is 0.186 e. The maximum absolute atomic E-state index is 12.8. The number of benzene rings is 2. The van der Waals surface area contributed by atoms with Crippen molar-refractivity contribution in [1.29, 1.82) is 0 Å². The molecule has 25 heavy (non-hydrogen) atoms. The fraction of sp³-hybridized carbons (Fsp3) is 0.381. The van der Waals surface area contributed by atoms with Gasteiger partial charge in [0.25, 0.3) is 0 Å². The van der Waals surface area contributed by atoms with Crippen LogP contribution in [0.15, 0.2) is 30.3 Å². The average Bonchev–Trinajstić information content (AvgIpc) is 2.45. The molecule has 4 heteroatoms. The van der Waals surface area contributed by atoms with Crippen molar-refractivity contribution in [3.63, 3.8) is 0 Å². The molecule has 0 saturated heterocycles. The van der Waals surface area contributed by atoms with Crippen LogP contribution in [0.4, 0.5) is 0 Å². The normalized spacial score (nSPS) is 11.5. The van der Waals surface area contributed by atoms with E-state index < -0.39 is 0 Å². The van der Waals surface area contributed by atoms with E-state index in [2.05, 4.69) is 19.9 Å². The first-order valence-corrected chi connectivity index (χ1v) is 9.26. The van der Waals surface area contributed by atoms with Crippen molar-refractivity contribution in [2.75, 3.05) is 0 Å². The van der Waals surface area contributed by atoms with Crippen molar-refractivity contribution in [3.05, 3.63) is 58.1 Å². The van der Waals surface area contributed by atoms with Gasteiger partial charge in [0.05, 0.1) is 0 Å². The standard InChI is InChI=1S/C21H27O2P.Li/c1-13-12-14(2)19(16(4)15(13)3)20(22)24-18-10-8-17(9-11-18)23-21(5,6)7;/h8-12,24H,1-7H3;. The van der Waals surface area contributed by atoms with Gasteiger partial charge in [0.2, 0.25) is 0 Å². The Bertz CT molecular complexity index is 759. The molecule has 0 aliphatic heterocycles. The number of rotatable bonds is 4. The predicted molar refractivity (Wildman–Crippen MR) is 110 cm³/mol. The Kier molecular flexibility index (Phi) is 7.51. The molecule has 0 aromatic heterocycles. The second kappa shape index (κ2) is 8.55. The molecule has 0 saturated carbocycles. The molecule has 0 spiro atoms. The monoisotopic (exact) mass is 349 g/mol. The van der Waals surface area contributed by atoms with E-state index in [4.69, 9.17) is 4.74 Å². The van der Waals surface area contributed by atoms with Crippen LogP contribution in [-0.4, -0.2) is 30.0 Å². The number of ether oxygens (including phenoxy) is 1. The molecule has 1 atom stereocenters. The molecule has 2 aromatic carbocycles. The second-order valence-corrected chi connectivity index (χ2v) is 8.61. The van der Waals surface area contributed by atoms with Crippen LogP contribution in [0.1, 0.15) is 53.4 Å². The number of carbonyl (C=O) groups excluding carboxylic acids is 1. The zero-order chi connectivity index (χ0) is 18.1. The summed E-state index contributed by atoms with van der Waals surface area (Å²) >= 11 is 0. The van der Waals surface area contributed by atoms with Gasteiger partial charge >= 0.3 is 0 Å². The molecule has 2 rings (SSSR count). The zero-order valence-corrected chi connectivity index (χ0v) is 17.7. The number of carbonyl (C=O) groups is 1. The third kappa shape index (κ3) is 5.72. The van der Waals surface area contributed by atoms with Crippen LogP contribution in [0.3, 0.4) is 0 Å². The van der Waals surface area contributed by atoms with Crippen molar-refractivity contribution >= 4 is 38.3 Å². The van der Waals surface area contributed by atoms with E-state index in [9.17, 15) is 4.79 Å². The van der Waals surface area contributed by atoms with Crippen LogP contribution < -0.4 is 10.0 Å². The summed E-state index contributed by atoms with van der Waals surface area (Å²) in [6.45, 7) is 14.3. The van der Waals surface area contributed by atoms with Gasteiger partial charge in [0, 0.05) is 24.4 Å². The third-order valence-electron chi connectivity index (χ3n) is 4.12. The molecule has 0 aliphatic carbocycles. The van der Waals surface area contributed by atoms with Crippen molar-refractivity contribution in [1.82, 2.24) is 0 Å². The molecule has 0 N–H and O–H groups in total. The summed E-state index contributed by atoms with van der Waals surface area (Å²) in [5.74, 6) is 0.835. The molecular weight excluding hydrogens is 322 g/mol. The summed E-state index contributed by atoms with van der Waals surface area (Å²) in [6, 6.07) is 9.98. The van der Waals surface area contributed by atoms with E-state index >= 15 is 0 Å². The third-order valence-corrected chi connectivity index (χ3v) is 5.22. The Labute approximate surface area is 165 Å². The first kappa shape index (κ1) is 22.0. The minimum atomic E-state index is -0.215. The van der Waals surface area contributed by atoms with Crippen LogP contribution >= 0.6 is 8.58 Å². The minimum Gasteiger partial charge on any atom is -0.488 e. The Morgan fingerprint density at radius 1 is 0.920 bits per heavy atom. The number of hydrogen-bond acceptors (Lipinski definition) is 2. The van der Waals surface area contributed by atoms with Crippen molar-refractivity contribution in [2.24, 2.45) is 0 Å². The largest absolute Gasteiger partial charge is 0.488 e. The van der Waals surface area contributed by atoms with Crippen molar-refractivity contribution < 1.29 is 9.53 Å². The molecule has 2 nitrogen and oxygen atoms in total. The van der Waals surface area contributed by atoms with Gasteiger partial charge < -0.3 is 4.74 Å². The molecule has 2 aromatic rings. The van der Waals surface area contributed by atoms with Gasteiger partial charge in [-0.25, -0.2) is 0 Å². The molecular formula is C21H27LiO2P. The molecule has 1 unspecified atom stereocenters. The van der Waals surface area contributed by atoms with Crippen molar-refractivity contribution in [3.8, 4) is 5.75 Å². The zero-order valence-electron chi connectivity index (χ0n) is 16.7. The Morgan fingerprint density at radius 2 is 1.48 bits per heavy atom. The molecule has 0 aliphatic rings. The Morgan fingerprint density at radius 3 is 2.00 bits per heavy atom. The molecule has 129 valence electrons. The maximum atomic E-state index is 12.8. The molecule has 0 fully saturated rings. The van der Waals surface area contributed by atoms with Gasteiger partial charge in [0.1, 0.15) is 11.4 Å². The van der Waals surface area contributed by atoms with Gasteiger partial charge in [-0.1, -0.05) is 18.2 Å². The first-order valence-electron chi connectivity index (χ1n) is 8.26. The summed E-state index contributed by atoms with van der Waals surface area (Å²) in [6.07, 6.45) is 0. The van der Waals surface area contributed by atoms with Crippen LogP contribution in [0.2, 0.25) is 0 Å². The topological polar surface area (TPSA) is 26.3 Å². The fourth-order valence-corrected chi connectivity index (χ4v) is 3.89. The second-order valence-electron chi connectivity index (χ2n) is 7.33. The van der Waals surface area contributed by atoms with Crippen LogP contribution in [-0.2, 0) is 0 Å². The van der Waals surface area contributed by atoms with Crippen LogP contribution in [0.5, 0.6) is 5.75 Å². The molecule has 0 heterocycles. The van der Waals surface area contributed by atoms with E-state index in [1.54, 1.807) is 0 Å². The van der Waals surface area contributed by atoms with Gasteiger partial charge in [-0.05, 0) is 96.7 Å². The summed E-state index contributed by atoms with van der Waals surface area (Å²) in [4.78, 5) is 12.8. The van der Waals surface area contributed by atoms with Gasteiger partial charge in [-0.15, -0.1) is 0 Å². The summed E-state index contributed by atoms with van der Waals surface area (Å²) < 4.78 is 5.83. The SMILES string of the molecule is Cc1cc(C)c(C(=O)Pc2ccc(OC(C)(C)C)cc2)c(C)c1C.[Li]. The summed E-state index contributed by atoms with van der Waals surface area (Å²) in [7, 11) is 0.132. The van der Waals surface area contributed by atoms with Gasteiger partial charge in [-0.2, -0.15) is 0 Å². The van der Waals surface area contributed by atoms with Gasteiger partial charge in [-0.3, -0.25) is 4.79 Å². The van der Waals surface area contributed by atoms with E-state index in [1.807, 2.05) is 58.9 Å². The predicted octanol–water partition coefficient (Wildman–Crippen LogP) is 4.86. The molecule has 0 amide bonds. The van der Waals surface area contributed by atoms with Crippen molar-refractivity contribution in [2.45, 2.75) is 54.1 Å². The van der Waals surface area contributed by atoms with Crippen LogP contribution in [0, 0.1) is 27.7 Å². The van der Waals surface area contributed by atoms with E-state index in [0.29, 0.717) is 0 Å². The molecule has 0 bridgehead atoms. The quantitative estimate of drug-likeness (QED) is 0.582. The van der Waals surface area contributed by atoms with E-state index in [1.165, 1.54) is 11.1 Å².